The Labute approximate surface area is 153 Å². The van der Waals surface area contributed by atoms with Gasteiger partial charge in [-0.3, -0.25) is 14.5 Å². The van der Waals surface area contributed by atoms with Crippen LogP contribution >= 0.6 is 11.8 Å². The molecule has 0 aromatic heterocycles. The molecule has 0 radical (unpaired) electrons. The summed E-state index contributed by atoms with van der Waals surface area (Å²) in [7, 11) is 0. The number of hydrogen-bond acceptors (Lipinski definition) is 5. The van der Waals surface area contributed by atoms with E-state index in [0.717, 1.165) is 5.56 Å². The van der Waals surface area contributed by atoms with Gasteiger partial charge in [-0.2, -0.15) is 11.8 Å². The van der Waals surface area contributed by atoms with Crippen LogP contribution in [0.4, 0.5) is 4.79 Å². The SMILES string of the molecule is Cc1ccccc1C(=O)N(C=O)CCSCCNC(=O)OC(C)(C)C. The van der Waals surface area contributed by atoms with Crippen LogP contribution in [0.5, 0.6) is 0 Å². The summed E-state index contributed by atoms with van der Waals surface area (Å²) in [6, 6.07) is 7.19. The summed E-state index contributed by atoms with van der Waals surface area (Å²) in [4.78, 5) is 36.2. The van der Waals surface area contributed by atoms with E-state index in [4.69, 9.17) is 4.74 Å². The van der Waals surface area contributed by atoms with E-state index in [0.29, 0.717) is 36.6 Å². The quantitative estimate of drug-likeness (QED) is 0.565. The summed E-state index contributed by atoms with van der Waals surface area (Å²) in [6.45, 7) is 8.05. The van der Waals surface area contributed by atoms with Crippen molar-refractivity contribution in [2.45, 2.75) is 33.3 Å². The molecule has 7 heteroatoms. The van der Waals surface area contributed by atoms with Gasteiger partial charge < -0.3 is 10.1 Å². The van der Waals surface area contributed by atoms with Gasteiger partial charge in [-0.1, -0.05) is 18.2 Å². The highest BCUT2D eigenvalue weighted by molar-refractivity contribution is 7.99. The highest BCUT2D eigenvalue weighted by atomic mass is 32.2. The minimum Gasteiger partial charge on any atom is -0.444 e. The standard InChI is InChI=1S/C18H26N2O4S/c1-14-7-5-6-8-15(14)16(22)20(13-21)10-12-25-11-9-19-17(23)24-18(2,3)4/h5-8,13H,9-12H2,1-4H3,(H,19,23). The topological polar surface area (TPSA) is 75.7 Å². The van der Waals surface area contributed by atoms with Gasteiger partial charge in [0.25, 0.3) is 5.91 Å². The number of thioether (sulfide) groups is 1. The van der Waals surface area contributed by atoms with E-state index in [1.54, 1.807) is 44.7 Å². The first kappa shape index (κ1) is 21.0. The van der Waals surface area contributed by atoms with Crippen LogP contribution in [-0.4, -0.2) is 53.5 Å². The predicted octanol–water partition coefficient (Wildman–Crippen LogP) is 2.85. The summed E-state index contributed by atoms with van der Waals surface area (Å²) in [5.74, 6) is 0.984. The molecule has 0 aliphatic rings. The van der Waals surface area contributed by atoms with E-state index in [-0.39, 0.29) is 5.91 Å². The van der Waals surface area contributed by atoms with Crippen LogP contribution in [0.2, 0.25) is 0 Å². The van der Waals surface area contributed by atoms with E-state index in [2.05, 4.69) is 5.32 Å². The largest absolute Gasteiger partial charge is 0.444 e. The molecule has 0 bridgehead atoms. The van der Waals surface area contributed by atoms with E-state index in [1.807, 2.05) is 19.1 Å². The number of hydrogen-bond donors (Lipinski definition) is 1. The molecular weight excluding hydrogens is 340 g/mol. The normalized spacial score (nSPS) is 10.9. The molecule has 0 aliphatic carbocycles. The molecule has 3 amide bonds. The smallest absolute Gasteiger partial charge is 0.407 e. The first-order valence-corrected chi connectivity index (χ1v) is 9.26. The summed E-state index contributed by atoms with van der Waals surface area (Å²) < 4.78 is 5.13. The average molecular weight is 366 g/mol. The third-order valence-electron chi connectivity index (χ3n) is 3.15. The number of benzene rings is 1. The van der Waals surface area contributed by atoms with Gasteiger partial charge in [0, 0.05) is 30.2 Å². The van der Waals surface area contributed by atoms with Gasteiger partial charge in [0.15, 0.2) is 0 Å². The van der Waals surface area contributed by atoms with Crippen LogP contribution < -0.4 is 5.32 Å². The molecule has 0 fully saturated rings. The maximum absolute atomic E-state index is 12.4. The number of ether oxygens (including phenoxy) is 1. The molecule has 0 saturated carbocycles. The molecule has 0 unspecified atom stereocenters. The number of nitrogens with one attached hydrogen (secondary N) is 1. The van der Waals surface area contributed by atoms with Crippen molar-refractivity contribution in [2.24, 2.45) is 0 Å². The average Bonchev–Trinajstić information content (AvgIpc) is 2.52. The van der Waals surface area contributed by atoms with E-state index in [1.165, 1.54) is 4.90 Å². The maximum atomic E-state index is 12.4. The number of rotatable bonds is 8. The predicted molar refractivity (Wildman–Crippen MR) is 99.8 cm³/mol. The van der Waals surface area contributed by atoms with E-state index < -0.39 is 11.7 Å². The molecule has 25 heavy (non-hydrogen) atoms. The Kier molecular flexibility index (Phi) is 8.48. The van der Waals surface area contributed by atoms with Crippen LogP contribution in [0.1, 0.15) is 36.7 Å². The lowest BCUT2D eigenvalue weighted by molar-refractivity contribution is -0.115. The van der Waals surface area contributed by atoms with Crippen LogP contribution in [0.3, 0.4) is 0 Å². The fourth-order valence-corrected chi connectivity index (χ4v) is 2.75. The van der Waals surface area contributed by atoms with Crippen molar-refractivity contribution in [3.8, 4) is 0 Å². The van der Waals surface area contributed by atoms with Crippen molar-refractivity contribution >= 4 is 30.2 Å². The number of amides is 3. The van der Waals surface area contributed by atoms with Gasteiger partial charge in [-0.25, -0.2) is 4.79 Å². The zero-order valence-corrected chi connectivity index (χ0v) is 16.0. The molecule has 6 nitrogen and oxygen atoms in total. The fraction of sp³-hybridized carbons (Fsp3) is 0.500. The number of carbonyl (C=O) groups excluding carboxylic acids is 3. The Bertz CT molecular complexity index is 599. The van der Waals surface area contributed by atoms with Gasteiger partial charge in [0.1, 0.15) is 5.60 Å². The Morgan fingerprint density at radius 3 is 2.52 bits per heavy atom. The molecule has 0 atom stereocenters. The molecule has 1 aromatic carbocycles. The highest BCUT2D eigenvalue weighted by Crippen LogP contribution is 2.11. The number of carbonyl (C=O) groups is 3. The Morgan fingerprint density at radius 2 is 1.92 bits per heavy atom. The van der Waals surface area contributed by atoms with Gasteiger partial charge in [-0.05, 0) is 39.3 Å². The first-order valence-electron chi connectivity index (χ1n) is 8.11. The van der Waals surface area contributed by atoms with Crippen LogP contribution in [-0.2, 0) is 9.53 Å². The number of imide groups is 1. The van der Waals surface area contributed by atoms with E-state index in [9.17, 15) is 14.4 Å². The van der Waals surface area contributed by atoms with Gasteiger partial charge in [0.05, 0.1) is 0 Å². The number of nitrogens with zero attached hydrogens (tertiary/aromatic N) is 1. The molecule has 1 N–H and O–H groups in total. The third kappa shape index (κ3) is 8.07. The monoisotopic (exact) mass is 366 g/mol. The summed E-state index contributed by atoms with van der Waals surface area (Å²) in [5.41, 5.74) is 0.859. The van der Waals surface area contributed by atoms with Crippen molar-refractivity contribution in [3.05, 3.63) is 35.4 Å². The lowest BCUT2D eigenvalue weighted by Crippen LogP contribution is -2.34. The van der Waals surface area contributed by atoms with Crippen LogP contribution in [0.25, 0.3) is 0 Å². The molecule has 0 saturated heterocycles. The van der Waals surface area contributed by atoms with Crippen molar-refractivity contribution in [1.29, 1.82) is 0 Å². The Hall–Kier alpha value is -2.02. The first-order chi connectivity index (χ1) is 11.7. The van der Waals surface area contributed by atoms with E-state index >= 15 is 0 Å². The molecule has 0 heterocycles. The van der Waals surface area contributed by atoms with Crippen molar-refractivity contribution in [2.75, 3.05) is 24.6 Å². The van der Waals surface area contributed by atoms with Crippen LogP contribution in [0.15, 0.2) is 24.3 Å². The van der Waals surface area contributed by atoms with Crippen molar-refractivity contribution in [3.63, 3.8) is 0 Å². The second kappa shape index (κ2) is 10.1. The fourth-order valence-electron chi connectivity index (χ4n) is 1.97. The summed E-state index contributed by atoms with van der Waals surface area (Å²) >= 11 is 1.55. The van der Waals surface area contributed by atoms with Gasteiger partial charge >= 0.3 is 6.09 Å². The lowest BCUT2D eigenvalue weighted by Gasteiger charge is -2.19. The number of aryl methyl sites for hydroxylation is 1. The molecule has 0 aliphatic heterocycles. The Morgan fingerprint density at radius 1 is 1.24 bits per heavy atom. The summed E-state index contributed by atoms with van der Waals surface area (Å²) in [5, 5.41) is 2.67. The third-order valence-corrected chi connectivity index (χ3v) is 4.12. The molecular formula is C18H26N2O4S. The molecule has 1 rings (SSSR count). The number of alkyl carbamates (subject to hydrolysis) is 1. The highest BCUT2D eigenvalue weighted by Gasteiger charge is 2.17. The minimum absolute atomic E-state index is 0.291. The minimum atomic E-state index is -0.516. The van der Waals surface area contributed by atoms with Gasteiger partial charge in [-0.15, -0.1) is 0 Å². The second-order valence-electron chi connectivity index (χ2n) is 6.46. The molecule has 138 valence electrons. The summed E-state index contributed by atoms with van der Waals surface area (Å²) in [6.07, 6.45) is 0.117. The van der Waals surface area contributed by atoms with Gasteiger partial charge in [0.2, 0.25) is 6.41 Å². The van der Waals surface area contributed by atoms with Crippen LogP contribution in [0, 0.1) is 6.92 Å². The zero-order valence-electron chi connectivity index (χ0n) is 15.2. The maximum Gasteiger partial charge on any atom is 0.407 e. The Balaban J connectivity index is 2.30. The van der Waals surface area contributed by atoms with Crippen molar-refractivity contribution in [1.82, 2.24) is 10.2 Å². The zero-order chi connectivity index (χ0) is 18.9. The lowest BCUT2D eigenvalue weighted by atomic mass is 10.1. The van der Waals surface area contributed by atoms with Crippen molar-refractivity contribution < 1.29 is 19.1 Å². The second-order valence-corrected chi connectivity index (χ2v) is 7.68. The molecule has 0 spiro atoms. The molecule has 1 aromatic rings.